The fourth-order valence-corrected chi connectivity index (χ4v) is 6.65. The fraction of sp³-hybridized carbons (Fsp3) is 0.442. The van der Waals surface area contributed by atoms with Crippen LogP contribution in [0.1, 0.15) is 134 Å². The molecule has 0 aromatic carbocycles. The molecule has 6 bridgehead atoms. The molecule has 0 fully saturated rings. The van der Waals surface area contributed by atoms with Crippen molar-refractivity contribution in [3.8, 4) is 0 Å². The first-order chi connectivity index (χ1) is 22.4. The van der Waals surface area contributed by atoms with Crippen LogP contribution in [0.25, 0.3) is 0 Å². The number of nitrogens with one attached hydrogen (secondary N) is 3. The van der Waals surface area contributed by atoms with Gasteiger partial charge in [0, 0.05) is 61.5 Å². The van der Waals surface area contributed by atoms with Crippen molar-refractivity contribution in [1.29, 1.82) is 0 Å². The second kappa shape index (κ2) is 17.3. The van der Waals surface area contributed by atoms with Crippen LogP contribution < -0.4 is 5.73 Å². The molecule has 0 aliphatic carbocycles. The van der Waals surface area contributed by atoms with E-state index in [1.807, 2.05) is 19.1 Å². The molecule has 3 aromatic rings. The zero-order valence-electron chi connectivity index (χ0n) is 30.7. The minimum Gasteiger partial charge on any atom is -0.401 e. The van der Waals surface area contributed by atoms with Crippen LogP contribution in [0.5, 0.6) is 0 Å². The van der Waals surface area contributed by atoms with Crippen LogP contribution in [0.2, 0.25) is 0 Å². The van der Waals surface area contributed by atoms with E-state index in [0.29, 0.717) is 0 Å². The van der Waals surface area contributed by atoms with Crippen LogP contribution >= 0.6 is 0 Å². The first kappa shape index (κ1) is 39.3. The summed E-state index contributed by atoms with van der Waals surface area (Å²) in [5.74, 6) is 0. The fourth-order valence-electron chi connectivity index (χ4n) is 6.65. The minimum absolute atomic E-state index is 0.154. The Hall–Kier alpha value is -3.92. The van der Waals surface area contributed by atoms with Gasteiger partial charge < -0.3 is 20.7 Å². The minimum atomic E-state index is -0.344. The van der Waals surface area contributed by atoms with Crippen LogP contribution in [0.3, 0.4) is 0 Å². The van der Waals surface area contributed by atoms with E-state index in [0.717, 1.165) is 62.8 Å². The Kier molecular flexibility index (Phi) is 14.4. The average Bonchev–Trinajstić information content (AvgIpc) is 3.88. The lowest BCUT2D eigenvalue weighted by Gasteiger charge is -2.32. The highest BCUT2D eigenvalue weighted by Crippen LogP contribution is 2.43. The van der Waals surface area contributed by atoms with Crippen LogP contribution in [0, 0.1) is 0 Å². The molecule has 4 heterocycles. The molecule has 3 aromatic heterocycles. The monoisotopic (exact) mass is 637 g/mol. The molecule has 0 saturated carbocycles. The van der Waals surface area contributed by atoms with E-state index < -0.39 is 0 Å². The van der Waals surface area contributed by atoms with Crippen molar-refractivity contribution < 1.29 is 0 Å². The Labute approximate surface area is 287 Å². The third kappa shape index (κ3) is 8.33. The Morgan fingerprint density at radius 2 is 1.04 bits per heavy atom. The van der Waals surface area contributed by atoms with Gasteiger partial charge in [0.05, 0.1) is 0 Å². The van der Waals surface area contributed by atoms with E-state index in [1.165, 1.54) is 28.5 Å². The third-order valence-corrected chi connectivity index (χ3v) is 10.5. The molecule has 1 aliphatic rings. The average molecular weight is 637 g/mol. The summed E-state index contributed by atoms with van der Waals surface area (Å²) in [7, 11) is 0. The number of fused-ring (bicyclic) bond motifs is 6. The van der Waals surface area contributed by atoms with Crippen molar-refractivity contribution in [2.75, 3.05) is 0 Å². The maximum Gasteiger partial charge on any atom is 0.0478 e. The molecule has 4 rings (SSSR count). The van der Waals surface area contributed by atoms with Gasteiger partial charge in [-0.15, -0.1) is 32.9 Å². The van der Waals surface area contributed by atoms with Gasteiger partial charge in [0.15, 0.2) is 0 Å². The number of aromatic amines is 3. The van der Waals surface area contributed by atoms with Gasteiger partial charge in [-0.2, -0.15) is 0 Å². The number of hydrogen-bond donors (Lipinski definition) is 4. The van der Waals surface area contributed by atoms with E-state index >= 15 is 0 Å². The molecule has 4 heteroatoms. The summed E-state index contributed by atoms with van der Waals surface area (Å²) in [5.41, 5.74) is 14.2. The molecule has 1 aliphatic heterocycles. The SMILES string of the molecule is C=C.C=CC.C=CCCC1(C)/C(N)=C/C=C/C(C)(CC)c2ccc([nH]2)C(C)(CCC=C)c2ccc([nH]2)C(C)(CCCC)c2ccc1[nH]2. The van der Waals surface area contributed by atoms with Gasteiger partial charge in [0.2, 0.25) is 0 Å². The van der Waals surface area contributed by atoms with Crippen LogP contribution in [0.4, 0.5) is 0 Å². The number of aromatic nitrogens is 3. The van der Waals surface area contributed by atoms with Gasteiger partial charge in [-0.3, -0.25) is 0 Å². The van der Waals surface area contributed by atoms with Crippen molar-refractivity contribution in [2.24, 2.45) is 5.73 Å². The Balaban J connectivity index is 0.00000145. The summed E-state index contributed by atoms with van der Waals surface area (Å²) < 4.78 is 0. The van der Waals surface area contributed by atoms with E-state index in [1.54, 1.807) is 6.08 Å². The predicted molar refractivity (Wildman–Crippen MR) is 207 cm³/mol. The highest BCUT2D eigenvalue weighted by molar-refractivity contribution is 5.42. The molecule has 47 heavy (non-hydrogen) atoms. The molecule has 4 atom stereocenters. The highest BCUT2D eigenvalue weighted by atomic mass is 14.9. The predicted octanol–water partition coefficient (Wildman–Crippen LogP) is 11.7. The second-order valence-electron chi connectivity index (χ2n) is 13.8. The van der Waals surface area contributed by atoms with Crippen LogP contribution in [-0.2, 0) is 21.7 Å². The molecule has 256 valence electrons. The van der Waals surface area contributed by atoms with Gasteiger partial charge in [0.1, 0.15) is 0 Å². The lowest BCUT2D eigenvalue weighted by atomic mass is 9.78. The number of H-pyrrole nitrogens is 3. The molecule has 4 nitrogen and oxygen atoms in total. The van der Waals surface area contributed by atoms with E-state index in [2.05, 4.69) is 144 Å². The molecule has 0 radical (unpaired) electrons. The van der Waals surface area contributed by atoms with Crippen molar-refractivity contribution in [2.45, 2.75) is 121 Å². The quantitative estimate of drug-likeness (QED) is 0.164. The van der Waals surface area contributed by atoms with Crippen molar-refractivity contribution >= 4 is 0 Å². The number of rotatable bonds is 10. The molecular weight excluding hydrogens is 573 g/mol. The molecule has 5 N–H and O–H groups in total. The maximum absolute atomic E-state index is 6.96. The zero-order valence-corrected chi connectivity index (χ0v) is 30.7. The van der Waals surface area contributed by atoms with Gasteiger partial charge in [0.25, 0.3) is 0 Å². The van der Waals surface area contributed by atoms with E-state index in [-0.39, 0.29) is 21.7 Å². The summed E-state index contributed by atoms with van der Waals surface area (Å²) in [6, 6.07) is 13.7. The van der Waals surface area contributed by atoms with Crippen molar-refractivity contribution in [3.05, 3.63) is 146 Å². The van der Waals surface area contributed by atoms with Crippen molar-refractivity contribution in [3.63, 3.8) is 0 Å². The molecular formula is C43H64N4. The summed E-state index contributed by atoms with van der Waals surface area (Å²) in [6.07, 6.45) is 20.3. The third-order valence-electron chi connectivity index (χ3n) is 10.5. The zero-order chi connectivity index (χ0) is 35.3. The van der Waals surface area contributed by atoms with Crippen molar-refractivity contribution in [1.82, 2.24) is 15.0 Å². The summed E-state index contributed by atoms with van der Waals surface area (Å²) in [4.78, 5) is 11.7. The summed E-state index contributed by atoms with van der Waals surface area (Å²) >= 11 is 0. The van der Waals surface area contributed by atoms with Gasteiger partial charge in [-0.05, 0) is 109 Å². The van der Waals surface area contributed by atoms with Crippen LogP contribution in [0.15, 0.2) is 111 Å². The Morgan fingerprint density at radius 3 is 1.47 bits per heavy atom. The smallest absolute Gasteiger partial charge is 0.0478 e. The molecule has 0 saturated heterocycles. The molecule has 0 spiro atoms. The highest BCUT2D eigenvalue weighted by Gasteiger charge is 2.38. The summed E-state index contributed by atoms with van der Waals surface area (Å²) in [5, 5.41) is 0. The Bertz CT molecular complexity index is 1490. The lowest BCUT2D eigenvalue weighted by molar-refractivity contribution is 0.453. The number of allylic oxidation sites excluding steroid dienone is 7. The Morgan fingerprint density at radius 1 is 0.660 bits per heavy atom. The summed E-state index contributed by atoms with van der Waals surface area (Å²) in [6.45, 7) is 33.1. The molecule has 4 unspecified atom stereocenters. The van der Waals surface area contributed by atoms with E-state index in [4.69, 9.17) is 5.73 Å². The van der Waals surface area contributed by atoms with Gasteiger partial charge >= 0.3 is 0 Å². The second-order valence-corrected chi connectivity index (χ2v) is 13.8. The lowest BCUT2D eigenvalue weighted by Crippen LogP contribution is -2.31. The van der Waals surface area contributed by atoms with Gasteiger partial charge in [-0.25, -0.2) is 0 Å². The topological polar surface area (TPSA) is 73.4 Å². The number of hydrogen-bond acceptors (Lipinski definition) is 1. The normalized spacial score (nSPS) is 27.0. The standard InChI is InChI=1S/C38H54N4.C3H6.C2H4/c1-9-13-25-36(6)28(39)17-16-24-35(5,12-4)29-18-19-31(40-29)37(7,26-14-10-2)33-22-23-34(42-33)38(8,27-15-11-3)32-21-20-30(36)41-32;1-3-2;1-2/h9-10,16-24,40-42H,1-2,11-15,25-27,39H2,3-8H3;3H,1H2,2H3;1-2H2/b24-16+,28-17-;;. The first-order valence-corrected chi connectivity index (χ1v) is 17.5. The van der Waals surface area contributed by atoms with Gasteiger partial charge in [-0.1, -0.05) is 64.0 Å². The maximum atomic E-state index is 6.96. The van der Waals surface area contributed by atoms with Crippen LogP contribution in [-0.4, -0.2) is 15.0 Å². The largest absolute Gasteiger partial charge is 0.401 e. The number of nitrogens with two attached hydrogens (primary N) is 1. The molecule has 0 amide bonds. The number of unbranched alkanes of at least 4 members (excludes halogenated alkanes) is 1. The first-order valence-electron chi connectivity index (χ1n) is 17.5. The van der Waals surface area contributed by atoms with E-state index in [9.17, 15) is 0 Å².